The number of aromatic nitrogens is 2. The number of amides is 2. The Kier molecular flexibility index (Phi) is 7.09. The van der Waals surface area contributed by atoms with E-state index in [1.165, 1.54) is 19.2 Å². The first-order chi connectivity index (χ1) is 14.0. The highest BCUT2D eigenvalue weighted by Gasteiger charge is 2.35. The van der Waals surface area contributed by atoms with Crippen molar-refractivity contribution in [1.29, 1.82) is 0 Å². The zero-order chi connectivity index (χ0) is 20.8. The molecule has 0 spiro atoms. The first-order valence-corrected chi connectivity index (χ1v) is 9.97. The molecule has 2 aromatic rings. The lowest BCUT2D eigenvalue weighted by atomic mass is 9.95. The van der Waals surface area contributed by atoms with E-state index in [1.54, 1.807) is 17.3 Å². The number of ether oxygens (including phenoxy) is 1. The summed E-state index contributed by atoms with van der Waals surface area (Å²) in [6, 6.07) is 3.39. The number of hydrogen-bond donors (Lipinski definition) is 2. The molecule has 0 unspecified atom stereocenters. The Labute approximate surface area is 173 Å². The van der Waals surface area contributed by atoms with Gasteiger partial charge in [-0.1, -0.05) is 18.0 Å². The van der Waals surface area contributed by atoms with Crippen molar-refractivity contribution in [3.63, 3.8) is 0 Å². The Morgan fingerprint density at radius 2 is 2.21 bits per heavy atom. The highest BCUT2D eigenvalue weighted by Crippen LogP contribution is 2.35. The molecule has 2 N–H and O–H groups in total. The molecule has 1 aliphatic heterocycles. The van der Waals surface area contributed by atoms with Gasteiger partial charge in [0.25, 0.3) is 0 Å². The first-order valence-electron chi connectivity index (χ1n) is 9.59. The molecule has 0 saturated carbocycles. The Morgan fingerprint density at radius 1 is 1.38 bits per heavy atom. The highest BCUT2D eigenvalue weighted by atomic mass is 35.5. The van der Waals surface area contributed by atoms with Crippen molar-refractivity contribution in [2.75, 3.05) is 20.2 Å². The fraction of sp³-hybridized carbons (Fsp3) is 0.450. The number of hydrogen-bond acceptors (Lipinski definition) is 4. The summed E-state index contributed by atoms with van der Waals surface area (Å²) >= 11 is 6.08. The van der Waals surface area contributed by atoms with Crippen LogP contribution in [0.1, 0.15) is 48.7 Å². The molecular formula is C20H24ClFN4O3. The van der Waals surface area contributed by atoms with E-state index in [0.717, 1.165) is 18.5 Å². The minimum absolute atomic E-state index is 0.233. The molecule has 7 nitrogen and oxygen atoms in total. The summed E-state index contributed by atoms with van der Waals surface area (Å²) in [6.07, 6.45) is 4.78. The van der Waals surface area contributed by atoms with E-state index >= 15 is 0 Å². The van der Waals surface area contributed by atoms with Crippen LogP contribution in [0.5, 0.6) is 0 Å². The van der Waals surface area contributed by atoms with Crippen molar-refractivity contribution in [1.82, 2.24) is 20.2 Å². The van der Waals surface area contributed by atoms with Gasteiger partial charge in [-0.15, -0.1) is 0 Å². The second kappa shape index (κ2) is 9.73. The molecule has 3 rings (SSSR count). The van der Waals surface area contributed by atoms with Gasteiger partial charge in [0, 0.05) is 42.2 Å². The number of imidazole rings is 1. The molecule has 9 heteroatoms. The maximum absolute atomic E-state index is 14.6. The standard InChI is InChI=1S/C20H24ClFN4O3/c1-29-17(27)5-3-2-4-9-23-20(28)26-10-8-16-18(25-12-24-16)19(26)14-11-13(21)6-7-15(14)22/h6-7,11-12,19H,2-5,8-10H2,1H3,(H,23,28)(H,24,25)/t19-/m1/s1. The van der Waals surface area contributed by atoms with Crippen molar-refractivity contribution in [3.8, 4) is 0 Å². The summed E-state index contributed by atoms with van der Waals surface area (Å²) in [4.78, 5) is 32.9. The van der Waals surface area contributed by atoms with E-state index in [2.05, 4.69) is 20.0 Å². The molecule has 1 aromatic carbocycles. The second-order valence-electron chi connectivity index (χ2n) is 6.90. The Bertz CT molecular complexity index is 873. The van der Waals surface area contributed by atoms with Crippen molar-refractivity contribution >= 4 is 23.6 Å². The van der Waals surface area contributed by atoms with Crippen LogP contribution in [-0.4, -0.2) is 47.1 Å². The quantitative estimate of drug-likeness (QED) is 0.527. The molecule has 2 heterocycles. The van der Waals surface area contributed by atoms with E-state index in [9.17, 15) is 14.0 Å². The molecule has 0 bridgehead atoms. The summed E-state index contributed by atoms with van der Waals surface area (Å²) in [5.74, 6) is -0.667. The zero-order valence-electron chi connectivity index (χ0n) is 16.2. The fourth-order valence-corrected chi connectivity index (χ4v) is 3.69. The van der Waals surface area contributed by atoms with Gasteiger partial charge < -0.3 is 19.9 Å². The van der Waals surface area contributed by atoms with E-state index in [1.807, 2.05) is 0 Å². The normalized spacial score (nSPS) is 15.7. The van der Waals surface area contributed by atoms with Gasteiger partial charge in [-0.3, -0.25) is 4.79 Å². The number of fused-ring (bicyclic) bond motifs is 1. The fourth-order valence-electron chi connectivity index (χ4n) is 3.50. The zero-order valence-corrected chi connectivity index (χ0v) is 17.0. The highest BCUT2D eigenvalue weighted by molar-refractivity contribution is 6.30. The molecular weight excluding hydrogens is 399 g/mol. The van der Waals surface area contributed by atoms with Crippen molar-refractivity contribution in [2.24, 2.45) is 0 Å². The molecule has 2 amide bonds. The van der Waals surface area contributed by atoms with Crippen LogP contribution >= 0.6 is 11.6 Å². The summed E-state index contributed by atoms with van der Waals surface area (Å²) in [7, 11) is 1.37. The van der Waals surface area contributed by atoms with E-state index in [4.69, 9.17) is 11.6 Å². The smallest absolute Gasteiger partial charge is 0.318 e. The van der Waals surface area contributed by atoms with Crippen LogP contribution in [0.15, 0.2) is 24.5 Å². The number of halogens is 2. The largest absolute Gasteiger partial charge is 0.469 e. The summed E-state index contributed by atoms with van der Waals surface area (Å²) < 4.78 is 19.2. The molecule has 0 saturated heterocycles. The number of unbranched alkanes of at least 4 members (excludes halogenated alkanes) is 2. The molecule has 156 valence electrons. The van der Waals surface area contributed by atoms with Gasteiger partial charge in [0.05, 0.1) is 19.1 Å². The Balaban J connectivity index is 1.66. The van der Waals surface area contributed by atoms with E-state index < -0.39 is 11.9 Å². The van der Waals surface area contributed by atoms with Gasteiger partial charge in [0.15, 0.2) is 0 Å². The van der Waals surface area contributed by atoms with Crippen molar-refractivity contribution in [2.45, 2.75) is 38.1 Å². The number of methoxy groups -OCH3 is 1. The van der Waals surface area contributed by atoms with E-state index in [0.29, 0.717) is 48.6 Å². The van der Waals surface area contributed by atoms with Gasteiger partial charge >= 0.3 is 12.0 Å². The number of nitrogens with one attached hydrogen (secondary N) is 2. The van der Waals surface area contributed by atoms with Crippen molar-refractivity contribution < 1.29 is 18.7 Å². The molecule has 1 aliphatic rings. The summed E-state index contributed by atoms with van der Waals surface area (Å²) in [5.41, 5.74) is 1.84. The predicted octanol–water partition coefficient (Wildman–Crippen LogP) is 3.59. The average Bonchev–Trinajstić information content (AvgIpc) is 3.20. The van der Waals surface area contributed by atoms with Gasteiger partial charge in [-0.2, -0.15) is 0 Å². The number of urea groups is 1. The van der Waals surface area contributed by atoms with Gasteiger partial charge in [-0.25, -0.2) is 14.2 Å². The number of H-pyrrole nitrogens is 1. The van der Waals surface area contributed by atoms with Crippen LogP contribution in [0.3, 0.4) is 0 Å². The predicted molar refractivity (Wildman–Crippen MR) is 106 cm³/mol. The third-order valence-electron chi connectivity index (χ3n) is 5.00. The molecule has 0 radical (unpaired) electrons. The molecule has 0 aliphatic carbocycles. The van der Waals surface area contributed by atoms with Crippen LogP contribution in [0, 0.1) is 5.82 Å². The van der Waals surface area contributed by atoms with E-state index in [-0.39, 0.29) is 12.0 Å². The molecule has 0 fully saturated rings. The minimum atomic E-state index is -0.650. The molecule has 29 heavy (non-hydrogen) atoms. The number of carbonyl (C=O) groups excluding carboxylic acids is 2. The van der Waals surface area contributed by atoms with Gasteiger partial charge in [0.2, 0.25) is 0 Å². The number of esters is 1. The third-order valence-corrected chi connectivity index (χ3v) is 5.24. The summed E-state index contributed by atoms with van der Waals surface area (Å²) in [5, 5.41) is 3.29. The molecule has 1 atom stereocenters. The molecule has 1 aromatic heterocycles. The number of nitrogens with zero attached hydrogens (tertiary/aromatic N) is 2. The third kappa shape index (κ3) is 5.06. The van der Waals surface area contributed by atoms with Crippen LogP contribution in [0.25, 0.3) is 0 Å². The lowest BCUT2D eigenvalue weighted by molar-refractivity contribution is -0.140. The van der Waals surface area contributed by atoms with Crippen LogP contribution < -0.4 is 5.32 Å². The van der Waals surface area contributed by atoms with Crippen LogP contribution in [0.2, 0.25) is 5.02 Å². The number of aromatic amines is 1. The van der Waals surface area contributed by atoms with Crippen LogP contribution in [-0.2, 0) is 16.0 Å². The van der Waals surface area contributed by atoms with Gasteiger partial charge in [-0.05, 0) is 31.0 Å². The van der Waals surface area contributed by atoms with Crippen molar-refractivity contribution in [3.05, 3.63) is 52.3 Å². The number of carbonyl (C=O) groups is 2. The number of rotatable bonds is 7. The average molecular weight is 423 g/mol. The second-order valence-corrected chi connectivity index (χ2v) is 7.33. The monoisotopic (exact) mass is 422 g/mol. The Hall–Kier alpha value is -2.61. The summed E-state index contributed by atoms with van der Waals surface area (Å²) in [6.45, 7) is 0.897. The Morgan fingerprint density at radius 3 is 3.00 bits per heavy atom. The lowest BCUT2D eigenvalue weighted by Crippen LogP contribution is -2.46. The minimum Gasteiger partial charge on any atom is -0.469 e. The number of benzene rings is 1. The SMILES string of the molecule is COC(=O)CCCCCNC(=O)N1CCc2[nH]cnc2[C@H]1c1cc(Cl)ccc1F. The van der Waals surface area contributed by atoms with Gasteiger partial charge in [0.1, 0.15) is 11.9 Å². The van der Waals surface area contributed by atoms with Crippen LogP contribution in [0.4, 0.5) is 9.18 Å². The first kappa shape index (κ1) is 21.1. The topological polar surface area (TPSA) is 87.3 Å². The lowest BCUT2D eigenvalue weighted by Gasteiger charge is -2.35. The maximum atomic E-state index is 14.6. The maximum Gasteiger partial charge on any atom is 0.318 e.